The lowest BCUT2D eigenvalue weighted by atomic mass is 9.91. The van der Waals surface area contributed by atoms with E-state index >= 15 is 0 Å². The van der Waals surface area contributed by atoms with Crippen LogP contribution in [0.3, 0.4) is 0 Å². The van der Waals surface area contributed by atoms with Gasteiger partial charge in [0.2, 0.25) is 0 Å². The van der Waals surface area contributed by atoms with Gasteiger partial charge in [-0.3, -0.25) is 4.90 Å². The van der Waals surface area contributed by atoms with Gasteiger partial charge in [-0.05, 0) is 56.7 Å². The molecule has 0 aliphatic carbocycles. The van der Waals surface area contributed by atoms with Crippen LogP contribution in [0.25, 0.3) is 10.9 Å². The summed E-state index contributed by atoms with van der Waals surface area (Å²) in [5, 5.41) is 10.9. The summed E-state index contributed by atoms with van der Waals surface area (Å²) in [5.74, 6) is 1.28. The highest BCUT2D eigenvalue weighted by molar-refractivity contribution is 5.85. The molecule has 0 amide bonds. The number of aliphatic hydroxyl groups excluding tert-OH is 1. The standard InChI is InChI=1S/C19H29N3O2/c1-20(2)19-12-22(8-7-14(19)13-23)11-15-10-21(3)18-6-5-16(24-4)9-17(15)18/h5-6,9-10,14,19,23H,7-8,11-13H2,1-4H3/t14-,19-/m1/s1. The molecule has 0 radical (unpaired) electrons. The number of aromatic nitrogens is 1. The number of likely N-dealkylation sites (N-methyl/N-ethyl adjacent to an activating group) is 1. The van der Waals surface area contributed by atoms with Gasteiger partial charge < -0.3 is 19.3 Å². The van der Waals surface area contributed by atoms with Crippen LogP contribution in [-0.4, -0.2) is 66.4 Å². The molecule has 1 aromatic carbocycles. The fourth-order valence-electron chi connectivity index (χ4n) is 3.93. The average Bonchev–Trinajstić information content (AvgIpc) is 2.90. The zero-order chi connectivity index (χ0) is 17.3. The summed E-state index contributed by atoms with van der Waals surface area (Å²) >= 11 is 0. The minimum atomic E-state index is 0.280. The maximum absolute atomic E-state index is 9.63. The van der Waals surface area contributed by atoms with Crippen molar-refractivity contribution in [1.29, 1.82) is 0 Å². The van der Waals surface area contributed by atoms with Crippen LogP contribution < -0.4 is 4.74 Å². The molecule has 132 valence electrons. The summed E-state index contributed by atoms with van der Waals surface area (Å²) in [6, 6.07) is 6.68. The van der Waals surface area contributed by atoms with Crippen LogP contribution >= 0.6 is 0 Å². The number of benzene rings is 1. The van der Waals surface area contributed by atoms with Crippen LogP contribution in [0.15, 0.2) is 24.4 Å². The van der Waals surface area contributed by atoms with Gasteiger partial charge in [-0.2, -0.15) is 0 Å². The normalized spacial score (nSPS) is 22.4. The third kappa shape index (κ3) is 3.29. The number of methoxy groups -OCH3 is 1. The highest BCUT2D eigenvalue weighted by Crippen LogP contribution is 2.28. The summed E-state index contributed by atoms with van der Waals surface area (Å²) in [7, 11) is 8.03. The third-order valence-corrected chi connectivity index (χ3v) is 5.38. The molecule has 1 aromatic heterocycles. The summed E-state index contributed by atoms with van der Waals surface area (Å²) in [6.45, 7) is 3.25. The molecule has 2 heterocycles. The fraction of sp³-hybridized carbons (Fsp3) is 0.579. The number of aliphatic hydroxyl groups is 1. The molecule has 1 aliphatic rings. The quantitative estimate of drug-likeness (QED) is 0.909. The maximum atomic E-state index is 9.63. The molecule has 0 bridgehead atoms. The SMILES string of the molecule is COc1ccc2c(c1)c(CN1CC[C@H](CO)[C@H](N(C)C)C1)cn2C. The molecule has 3 rings (SSSR count). The highest BCUT2D eigenvalue weighted by Gasteiger charge is 2.30. The molecule has 0 unspecified atom stereocenters. The van der Waals surface area contributed by atoms with Crippen molar-refractivity contribution < 1.29 is 9.84 Å². The predicted octanol–water partition coefficient (Wildman–Crippen LogP) is 1.93. The van der Waals surface area contributed by atoms with Crippen LogP contribution in [0.5, 0.6) is 5.75 Å². The Labute approximate surface area is 144 Å². The van der Waals surface area contributed by atoms with Gasteiger partial charge >= 0.3 is 0 Å². The second-order valence-corrected chi connectivity index (χ2v) is 7.15. The number of nitrogens with zero attached hydrogens (tertiary/aromatic N) is 3. The number of aryl methyl sites for hydroxylation is 1. The number of likely N-dealkylation sites (tertiary alicyclic amines) is 1. The lowest BCUT2D eigenvalue weighted by Gasteiger charge is -2.41. The van der Waals surface area contributed by atoms with E-state index in [4.69, 9.17) is 4.74 Å². The second kappa shape index (κ2) is 7.13. The molecule has 2 aromatic rings. The molecule has 1 aliphatic heterocycles. The molecule has 2 atom stereocenters. The zero-order valence-electron chi connectivity index (χ0n) is 15.2. The van der Waals surface area contributed by atoms with Crippen LogP contribution in [0.1, 0.15) is 12.0 Å². The van der Waals surface area contributed by atoms with Crippen LogP contribution in [-0.2, 0) is 13.6 Å². The Kier molecular flexibility index (Phi) is 5.13. The second-order valence-electron chi connectivity index (χ2n) is 7.15. The number of piperidine rings is 1. The Morgan fingerprint density at radius 3 is 2.79 bits per heavy atom. The van der Waals surface area contributed by atoms with Gasteiger partial charge in [-0.15, -0.1) is 0 Å². The van der Waals surface area contributed by atoms with E-state index in [1.807, 2.05) is 6.07 Å². The average molecular weight is 331 g/mol. The summed E-state index contributed by atoms with van der Waals surface area (Å²) < 4.78 is 7.58. The van der Waals surface area contributed by atoms with E-state index < -0.39 is 0 Å². The fourth-order valence-corrected chi connectivity index (χ4v) is 3.93. The van der Waals surface area contributed by atoms with Crippen molar-refractivity contribution in [3.05, 3.63) is 30.0 Å². The number of hydrogen-bond acceptors (Lipinski definition) is 4. The van der Waals surface area contributed by atoms with Crippen molar-refractivity contribution >= 4 is 10.9 Å². The Hall–Kier alpha value is -1.56. The van der Waals surface area contributed by atoms with E-state index in [1.54, 1.807) is 7.11 Å². The first-order valence-corrected chi connectivity index (χ1v) is 8.65. The lowest BCUT2D eigenvalue weighted by Crippen LogP contribution is -2.51. The Bertz CT molecular complexity index is 695. The molecule has 1 N–H and O–H groups in total. The topological polar surface area (TPSA) is 40.9 Å². The number of rotatable bonds is 5. The number of fused-ring (bicyclic) bond motifs is 1. The van der Waals surface area contributed by atoms with E-state index in [0.29, 0.717) is 12.0 Å². The molecular formula is C19H29N3O2. The number of ether oxygens (including phenoxy) is 1. The summed E-state index contributed by atoms with van der Waals surface area (Å²) in [6.07, 6.45) is 3.28. The van der Waals surface area contributed by atoms with E-state index in [1.165, 1.54) is 16.5 Å². The molecule has 24 heavy (non-hydrogen) atoms. The zero-order valence-corrected chi connectivity index (χ0v) is 15.2. The van der Waals surface area contributed by atoms with Crippen molar-refractivity contribution in [3.8, 4) is 5.75 Å². The van der Waals surface area contributed by atoms with Gasteiger partial charge in [0.25, 0.3) is 0 Å². The lowest BCUT2D eigenvalue weighted by molar-refractivity contribution is 0.0462. The van der Waals surface area contributed by atoms with E-state index in [0.717, 1.165) is 31.8 Å². The van der Waals surface area contributed by atoms with Crippen molar-refractivity contribution in [2.45, 2.75) is 19.0 Å². The first kappa shape index (κ1) is 17.3. The largest absolute Gasteiger partial charge is 0.497 e. The molecule has 0 spiro atoms. The van der Waals surface area contributed by atoms with Crippen molar-refractivity contribution in [3.63, 3.8) is 0 Å². The van der Waals surface area contributed by atoms with Crippen molar-refractivity contribution in [1.82, 2.24) is 14.4 Å². The van der Waals surface area contributed by atoms with Gasteiger partial charge in [0, 0.05) is 49.9 Å². The summed E-state index contributed by atoms with van der Waals surface area (Å²) in [4.78, 5) is 4.75. The Morgan fingerprint density at radius 1 is 1.33 bits per heavy atom. The van der Waals surface area contributed by atoms with Gasteiger partial charge in [-0.1, -0.05) is 0 Å². The molecule has 0 saturated carbocycles. The first-order chi connectivity index (χ1) is 11.5. The molecule has 1 saturated heterocycles. The van der Waals surface area contributed by atoms with Crippen LogP contribution in [0.4, 0.5) is 0 Å². The van der Waals surface area contributed by atoms with E-state index in [2.05, 4.69) is 53.8 Å². The van der Waals surface area contributed by atoms with Gasteiger partial charge in [0.1, 0.15) is 5.75 Å². The Morgan fingerprint density at radius 2 is 2.12 bits per heavy atom. The third-order valence-electron chi connectivity index (χ3n) is 5.38. The smallest absolute Gasteiger partial charge is 0.119 e. The van der Waals surface area contributed by atoms with E-state index in [9.17, 15) is 5.11 Å². The Balaban J connectivity index is 1.82. The van der Waals surface area contributed by atoms with Crippen molar-refractivity contribution in [2.24, 2.45) is 13.0 Å². The maximum Gasteiger partial charge on any atom is 0.119 e. The molecule has 5 nitrogen and oxygen atoms in total. The van der Waals surface area contributed by atoms with Gasteiger partial charge in [0.15, 0.2) is 0 Å². The van der Waals surface area contributed by atoms with E-state index in [-0.39, 0.29) is 6.61 Å². The minimum absolute atomic E-state index is 0.280. The van der Waals surface area contributed by atoms with Crippen LogP contribution in [0, 0.1) is 5.92 Å². The van der Waals surface area contributed by atoms with Crippen LogP contribution in [0.2, 0.25) is 0 Å². The summed E-state index contributed by atoms with van der Waals surface area (Å²) in [5.41, 5.74) is 2.58. The van der Waals surface area contributed by atoms with Crippen molar-refractivity contribution in [2.75, 3.05) is 40.9 Å². The predicted molar refractivity (Wildman–Crippen MR) is 97.4 cm³/mol. The molecular weight excluding hydrogens is 302 g/mol. The molecule has 1 fully saturated rings. The van der Waals surface area contributed by atoms with Gasteiger partial charge in [-0.25, -0.2) is 0 Å². The monoisotopic (exact) mass is 331 g/mol. The van der Waals surface area contributed by atoms with Gasteiger partial charge in [0.05, 0.1) is 7.11 Å². The highest BCUT2D eigenvalue weighted by atomic mass is 16.5. The molecule has 5 heteroatoms. The minimum Gasteiger partial charge on any atom is -0.497 e. The number of hydrogen-bond donors (Lipinski definition) is 1. The first-order valence-electron chi connectivity index (χ1n) is 8.65.